The molecule has 0 aromatic carbocycles. The summed E-state index contributed by atoms with van der Waals surface area (Å²) in [6, 6.07) is 0.0217. The molecule has 86 valence electrons. The van der Waals surface area contributed by atoms with Crippen LogP contribution >= 0.6 is 0 Å². The van der Waals surface area contributed by atoms with E-state index in [9.17, 15) is 13.2 Å². The third kappa shape index (κ3) is 4.01. The van der Waals surface area contributed by atoms with Crippen LogP contribution in [0.5, 0.6) is 0 Å². The van der Waals surface area contributed by atoms with Gasteiger partial charge in [-0.05, 0) is 13.5 Å². The second-order valence-corrected chi connectivity index (χ2v) is 5.97. The SMILES string of the molecule is CN(CC=CC(=O)O)C1CCS(=O)(=O)C1. The highest BCUT2D eigenvalue weighted by Gasteiger charge is 2.29. The Labute approximate surface area is 89.3 Å². The minimum absolute atomic E-state index is 0.0217. The van der Waals surface area contributed by atoms with Crippen molar-refractivity contribution in [3.8, 4) is 0 Å². The quantitative estimate of drug-likeness (QED) is 0.677. The maximum absolute atomic E-state index is 11.2. The Bertz CT molecular complexity index is 360. The molecule has 1 aliphatic rings. The molecule has 0 bridgehead atoms. The van der Waals surface area contributed by atoms with Gasteiger partial charge in [-0.15, -0.1) is 0 Å². The largest absolute Gasteiger partial charge is 0.478 e. The van der Waals surface area contributed by atoms with Gasteiger partial charge in [0.2, 0.25) is 0 Å². The Hall–Kier alpha value is -0.880. The number of aliphatic carboxylic acids is 1. The van der Waals surface area contributed by atoms with E-state index in [0.29, 0.717) is 13.0 Å². The predicted octanol–water partition coefficient (Wildman–Crippen LogP) is -0.254. The summed E-state index contributed by atoms with van der Waals surface area (Å²) in [7, 11) is -1.06. The molecule has 0 amide bonds. The fourth-order valence-corrected chi connectivity index (χ4v) is 3.40. The molecule has 0 radical (unpaired) electrons. The molecule has 0 aromatic rings. The lowest BCUT2D eigenvalue weighted by atomic mass is 10.2. The number of hydrogen-bond donors (Lipinski definition) is 1. The summed E-state index contributed by atoms with van der Waals surface area (Å²) in [6.45, 7) is 0.465. The highest BCUT2D eigenvalue weighted by molar-refractivity contribution is 7.91. The van der Waals surface area contributed by atoms with Crippen molar-refractivity contribution in [2.45, 2.75) is 12.5 Å². The molecule has 15 heavy (non-hydrogen) atoms. The van der Waals surface area contributed by atoms with Crippen LogP contribution in [-0.4, -0.2) is 55.5 Å². The molecule has 1 fully saturated rings. The Morgan fingerprint density at radius 1 is 1.60 bits per heavy atom. The van der Waals surface area contributed by atoms with Gasteiger partial charge in [-0.2, -0.15) is 0 Å². The fourth-order valence-electron chi connectivity index (χ4n) is 1.59. The van der Waals surface area contributed by atoms with E-state index in [1.807, 2.05) is 4.90 Å². The molecule has 0 saturated carbocycles. The highest BCUT2D eigenvalue weighted by atomic mass is 32.2. The van der Waals surface area contributed by atoms with Gasteiger partial charge < -0.3 is 5.11 Å². The summed E-state index contributed by atoms with van der Waals surface area (Å²) >= 11 is 0. The van der Waals surface area contributed by atoms with E-state index in [1.54, 1.807) is 7.05 Å². The van der Waals surface area contributed by atoms with Crippen molar-refractivity contribution in [3.63, 3.8) is 0 Å². The molecule has 5 nitrogen and oxygen atoms in total. The van der Waals surface area contributed by atoms with Crippen molar-refractivity contribution < 1.29 is 18.3 Å². The lowest BCUT2D eigenvalue weighted by Crippen LogP contribution is -2.32. The fraction of sp³-hybridized carbons (Fsp3) is 0.667. The summed E-state index contributed by atoms with van der Waals surface area (Å²) in [5.74, 6) is -0.558. The maximum Gasteiger partial charge on any atom is 0.328 e. The molecular weight excluding hydrogens is 218 g/mol. The van der Waals surface area contributed by atoms with E-state index in [0.717, 1.165) is 6.08 Å². The summed E-state index contributed by atoms with van der Waals surface area (Å²) in [6.07, 6.45) is 3.23. The second-order valence-electron chi connectivity index (χ2n) is 3.74. The van der Waals surface area contributed by atoms with Crippen LogP contribution in [0.3, 0.4) is 0 Å². The summed E-state index contributed by atoms with van der Waals surface area (Å²) in [5.41, 5.74) is 0. The first kappa shape index (κ1) is 12.2. The second kappa shape index (κ2) is 4.76. The van der Waals surface area contributed by atoms with Crippen molar-refractivity contribution in [1.82, 2.24) is 4.90 Å². The molecule has 1 aliphatic heterocycles. The standard InChI is InChI=1S/C9H15NO4S/c1-10(5-2-3-9(11)12)8-4-6-15(13,14)7-8/h2-3,8H,4-7H2,1H3,(H,11,12). The first-order valence-corrected chi connectivity index (χ1v) is 6.53. The van der Waals surface area contributed by atoms with Crippen LogP contribution in [0, 0.1) is 0 Å². The molecule has 0 spiro atoms. The van der Waals surface area contributed by atoms with Gasteiger partial charge in [-0.3, -0.25) is 4.90 Å². The Kier molecular flexibility index (Phi) is 3.87. The zero-order valence-corrected chi connectivity index (χ0v) is 9.40. The number of carboxylic acid groups (broad SMARTS) is 1. The van der Waals surface area contributed by atoms with Crippen molar-refractivity contribution in [3.05, 3.63) is 12.2 Å². The van der Waals surface area contributed by atoms with Gasteiger partial charge in [-0.25, -0.2) is 13.2 Å². The number of carbonyl (C=O) groups is 1. The van der Waals surface area contributed by atoms with Crippen molar-refractivity contribution >= 4 is 15.8 Å². The average Bonchev–Trinajstić information content (AvgIpc) is 2.45. The first-order valence-electron chi connectivity index (χ1n) is 4.71. The van der Waals surface area contributed by atoms with Crippen LogP contribution in [0.2, 0.25) is 0 Å². The maximum atomic E-state index is 11.2. The van der Waals surface area contributed by atoms with E-state index in [1.165, 1.54) is 6.08 Å². The minimum atomic E-state index is -2.86. The van der Waals surface area contributed by atoms with Gasteiger partial charge in [-0.1, -0.05) is 6.08 Å². The Balaban J connectivity index is 2.42. The third-order valence-electron chi connectivity index (χ3n) is 2.49. The van der Waals surface area contributed by atoms with E-state index >= 15 is 0 Å². The van der Waals surface area contributed by atoms with Crippen LogP contribution in [0.25, 0.3) is 0 Å². The predicted molar refractivity (Wildman–Crippen MR) is 56.5 cm³/mol. The molecule has 1 saturated heterocycles. The summed E-state index contributed by atoms with van der Waals surface area (Å²) in [5, 5.41) is 8.37. The first-order chi connectivity index (χ1) is 6.91. The van der Waals surface area contributed by atoms with E-state index < -0.39 is 15.8 Å². The molecule has 1 atom stereocenters. The zero-order chi connectivity index (χ0) is 11.5. The number of likely N-dealkylation sites (N-methyl/N-ethyl adjacent to an activating group) is 1. The van der Waals surface area contributed by atoms with Gasteiger partial charge in [0.15, 0.2) is 9.84 Å². The van der Waals surface area contributed by atoms with Crippen LogP contribution < -0.4 is 0 Å². The van der Waals surface area contributed by atoms with Crippen LogP contribution in [-0.2, 0) is 14.6 Å². The average molecular weight is 233 g/mol. The lowest BCUT2D eigenvalue weighted by molar-refractivity contribution is -0.131. The normalized spacial score (nSPS) is 25.1. The Morgan fingerprint density at radius 3 is 2.73 bits per heavy atom. The number of carboxylic acids is 1. The Morgan fingerprint density at radius 2 is 2.27 bits per heavy atom. The molecule has 0 aliphatic carbocycles. The van der Waals surface area contributed by atoms with Crippen molar-refractivity contribution in [2.24, 2.45) is 0 Å². The van der Waals surface area contributed by atoms with Gasteiger partial charge in [0, 0.05) is 18.7 Å². The molecule has 1 rings (SSSR count). The van der Waals surface area contributed by atoms with Gasteiger partial charge in [0.05, 0.1) is 11.5 Å². The van der Waals surface area contributed by atoms with Crippen LogP contribution in [0.4, 0.5) is 0 Å². The number of sulfone groups is 1. The summed E-state index contributed by atoms with van der Waals surface area (Å²) < 4.78 is 22.4. The van der Waals surface area contributed by atoms with Crippen LogP contribution in [0.15, 0.2) is 12.2 Å². The smallest absolute Gasteiger partial charge is 0.328 e. The molecule has 1 heterocycles. The van der Waals surface area contributed by atoms with E-state index in [4.69, 9.17) is 5.11 Å². The van der Waals surface area contributed by atoms with Crippen molar-refractivity contribution in [2.75, 3.05) is 25.1 Å². The monoisotopic (exact) mass is 233 g/mol. The number of rotatable bonds is 4. The zero-order valence-electron chi connectivity index (χ0n) is 8.59. The van der Waals surface area contributed by atoms with Gasteiger partial charge in [0.1, 0.15) is 0 Å². The summed E-state index contributed by atoms with van der Waals surface area (Å²) in [4.78, 5) is 12.1. The van der Waals surface area contributed by atoms with E-state index in [2.05, 4.69) is 0 Å². The highest BCUT2D eigenvalue weighted by Crippen LogP contribution is 2.15. The topological polar surface area (TPSA) is 74.7 Å². The lowest BCUT2D eigenvalue weighted by Gasteiger charge is -2.20. The number of hydrogen-bond acceptors (Lipinski definition) is 4. The van der Waals surface area contributed by atoms with Gasteiger partial charge >= 0.3 is 5.97 Å². The minimum Gasteiger partial charge on any atom is -0.478 e. The molecule has 1 unspecified atom stereocenters. The molecular formula is C9H15NO4S. The number of nitrogens with zero attached hydrogens (tertiary/aromatic N) is 1. The third-order valence-corrected chi connectivity index (χ3v) is 4.24. The van der Waals surface area contributed by atoms with Crippen LogP contribution in [0.1, 0.15) is 6.42 Å². The van der Waals surface area contributed by atoms with Gasteiger partial charge in [0.25, 0.3) is 0 Å². The molecule has 0 aromatic heterocycles. The van der Waals surface area contributed by atoms with E-state index in [-0.39, 0.29) is 17.5 Å². The molecule has 1 N–H and O–H groups in total. The molecule has 6 heteroatoms. The van der Waals surface area contributed by atoms with Crippen molar-refractivity contribution in [1.29, 1.82) is 0 Å².